The fourth-order valence-corrected chi connectivity index (χ4v) is 8.61. The minimum Gasteiger partial charge on any atom is -0.455 e. The molecule has 58 heavy (non-hydrogen) atoms. The van der Waals surface area contributed by atoms with Crippen LogP contribution in [-0.2, 0) is 0 Å². The van der Waals surface area contributed by atoms with E-state index in [2.05, 4.69) is 217 Å². The fraction of sp³-hybridized carbons (Fsp3) is 0. The number of anilines is 3. The van der Waals surface area contributed by atoms with E-state index < -0.39 is 0 Å². The highest BCUT2D eigenvalue weighted by Gasteiger charge is 2.17. The molecule has 0 unspecified atom stereocenters. The van der Waals surface area contributed by atoms with Gasteiger partial charge in [-0.2, -0.15) is 0 Å². The highest BCUT2D eigenvalue weighted by molar-refractivity contribution is 6.09. The van der Waals surface area contributed by atoms with Gasteiger partial charge in [-0.15, -0.1) is 0 Å². The van der Waals surface area contributed by atoms with Gasteiger partial charge >= 0.3 is 0 Å². The molecule has 0 amide bonds. The van der Waals surface area contributed by atoms with Gasteiger partial charge in [-0.3, -0.25) is 0 Å². The van der Waals surface area contributed by atoms with Crippen molar-refractivity contribution in [1.82, 2.24) is 0 Å². The van der Waals surface area contributed by atoms with Crippen LogP contribution < -0.4 is 4.90 Å². The Morgan fingerprint density at radius 3 is 1.66 bits per heavy atom. The van der Waals surface area contributed by atoms with Gasteiger partial charge < -0.3 is 9.32 Å². The van der Waals surface area contributed by atoms with Crippen LogP contribution in [0.5, 0.6) is 0 Å². The summed E-state index contributed by atoms with van der Waals surface area (Å²) in [5, 5.41) is 7.19. The van der Waals surface area contributed by atoms with Crippen LogP contribution in [0.2, 0.25) is 0 Å². The van der Waals surface area contributed by atoms with E-state index in [1.165, 1.54) is 49.4 Å². The van der Waals surface area contributed by atoms with E-state index in [9.17, 15) is 0 Å². The molecule has 0 saturated heterocycles. The van der Waals surface area contributed by atoms with Crippen LogP contribution in [0.15, 0.2) is 229 Å². The van der Waals surface area contributed by atoms with E-state index in [4.69, 9.17) is 4.42 Å². The van der Waals surface area contributed by atoms with Crippen molar-refractivity contribution in [2.24, 2.45) is 0 Å². The van der Waals surface area contributed by atoms with Crippen LogP contribution in [0, 0.1) is 0 Å². The van der Waals surface area contributed by atoms with Crippen molar-refractivity contribution in [1.29, 1.82) is 0 Å². The van der Waals surface area contributed by atoms with E-state index in [-0.39, 0.29) is 0 Å². The van der Waals surface area contributed by atoms with E-state index in [0.29, 0.717) is 0 Å². The zero-order valence-corrected chi connectivity index (χ0v) is 31.7. The maximum atomic E-state index is 6.41. The Morgan fingerprint density at radius 2 is 0.845 bits per heavy atom. The number of hydrogen-bond donors (Lipinski definition) is 0. The Morgan fingerprint density at radius 1 is 0.276 bits per heavy atom. The van der Waals surface area contributed by atoms with Gasteiger partial charge in [0.05, 0.1) is 0 Å². The standard InChI is InChI=1S/C56H37NO/c1-2-13-41(14-3-1)54-37-44(29-35-51(54)50-21-10-17-40-15-6-7-18-48(40)50)39-24-30-45(31-25-39)57(47-34-26-38-12-4-5-16-43(38)36-47)46-32-27-42(28-33-46)49-20-11-22-53-52-19-8-9-23-55(52)58-56(49)53/h1-37H. The number of fused-ring (bicyclic) bond motifs is 5. The lowest BCUT2D eigenvalue weighted by atomic mass is 9.89. The molecule has 11 aromatic rings. The molecule has 2 nitrogen and oxygen atoms in total. The molecule has 0 aliphatic carbocycles. The molecule has 0 N–H and O–H groups in total. The SMILES string of the molecule is c1ccc(-c2cc(-c3ccc(N(c4ccc(-c5cccc6c5oc5ccccc56)cc4)c4ccc5ccccc5c4)cc3)ccc2-c2cccc3ccccc23)cc1. The number of hydrogen-bond acceptors (Lipinski definition) is 2. The Balaban J connectivity index is 0.995. The molecule has 1 aromatic heterocycles. The molecular formula is C56H37NO. The van der Waals surface area contributed by atoms with Gasteiger partial charge in [0.25, 0.3) is 0 Å². The molecule has 0 spiro atoms. The first kappa shape index (κ1) is 33.6. The maximum Gasteiger partial charge on any atom is 0.143 e. The summed E-state index contributed by atoms with van der Waals surface area (Å²) >= 11 is 0. The fourth-order valence-electron chi connectivity index (χ4n) is 8.61. The Hall–Kier alpha value is -7.68. The van der Waals surface area contributed by atoms with E-state index in [1.807, 2.05) is 12.1 Å². The average molecular weight is 740 g/mol. The third kappa shape index (κ3) is 5.91. The molecule has 0 aliphatic rings. The lowest BCUT2D eigenvalue weighted by molar-refractivity contribution is 0.670. The van der Waals surface area contributed by atoms with Crippen LogP contribution >= 0.6 is 0 Å². The van der Waals surface area contributed by atoms with E-state index >= 15 is 0 Å². The predicted octanol–water partition coefficient (Wildman–Crippen LogP) is 16.0. The van der Waals surface area contributed by atoms with E-state index in [1.54, 1.807) is 0 Å². The topological polar surface area (TPSA) is 16.4 Å². The summed E-state index contributed by atoms with van der Waals surface area (Å²) in [6.07, 6.45) is 0. The quantitative estimate of drug-likeness (QED) is 0.162. The van der Waals surface area contributed by atoms with E-state index in [0.717, 1.165) is 55.7 Å². The lowest BCUT2D eigenvalue weighted by Crippen LogP contribution is -2.09. The molecule has 0 fully saturated rings. The normalized spacial score (nSPS) is 11.4. The lowest BCUT2D eigenvalue weighted by Gasteiger charge is -2.26. The average Bonchev–Trinajstić information content (AvgIpc) is 3.69. The first-order valence-corrected chi connectivity index (χ1v) is 19.8. The monoisotopic (exact) mass is 739 g/mol. The molecule has 0 bridgehead atoms. The Labute approximate surface area is 337 Å². The second-order valence-electron chi connectivity index (χ2n) is 14.9. The van der Waals surface area contributed by atoms with Crippen molar-refractivity contribution in [3.8, 4) is 44.5 Å². The van der Waals surface area contributed by atoms with Crippen molar-refractivity contribution in [2.75, 3.05) is 4.90 Å². The van der Waals surface area contributed by atoms with Crippen molar-refractivity contribution in [3.63, 3.8) is 0 Å². The summed E-state index contributed by atoms with van der Waals surface area (Å²) < 4.78 is 6.41. The molecule has 0 aliphatic heterocycles. The zero-order valence-electron chi connectivity index (χ0n) is 31.7. The number of benzene rings is 10. The van der Waals surface area contributed by atoms with Gasteiger partial charge in [0.2, 0.25) is 0 Å². The third-order valence-electron chi connectivity index (χ3n) is 11.5. The maximum absolute atomic E-state index is 6.41. The van der Waals surface area contributed by atoms with Crippen LogP contribution in [0.1, 0.15) is 0 Å². The minimum absolute atomic E-state index is 0.907. The van der Waals surface area contributed by atoms with Crippen LogP contribution in [0.25, 0.3) is 88.0 Å². The van der Waals surface area contributed by atoms with Crippen LogP contribution in [-0.4, -0.2) is 0 Å². The molecule has 272 valence electrons. The molecule has 0 radical (unpaired) electrons. The van der Waals surface area contributed by atoms with Gasteiger partial charge in [0, 0.05) is 33.4 Å². The van der Waals surface area contributed by atoms with Crippen molar-refractivity contribution in [3.05, 3.63) is 224 Å². The van der Waals surface area contributed by atoms with Crippen LogP contribution in [0.4, 0.5) is 17.1 Å². The van der Waals surface area contributed by atoms with Crippen molar-refractivity contribution >= 4 is 60.5 Å². The van der Waals surface area contributed by atoms with Gasteiger partial charge in [-0.05, 0) is 109 Å². The summed E-state index contributed by atoms with van der Waals surface area (Å²) in [5.74, 6) is 0. The Kier molecular flexibility index (Phi) is 8.19. The molecule has 1 heterocycles. The Bertz CT molecular complexity index is 3260. The number of para-hydroxylation sites is 2. The van der Waals surface area contributed by atoms with Crippen LogP contribution in [0.3, 0.4) is 0 Å². The first-order chi connectivity index (χ1) is 28.7. The van der Waals surface area contributed by atoms with Gasteiger partial charge in [0.1, 0.15) is 11.2 Å². The largest absolute Gasteiger partial charge is 0.455 e. The number of rotatable bonds is 7. The smallest absolute Gasteiger partial charge is 0.143 e. The molecule has 0 atom stereocenters. The summed E-state index contributed by atoms with van der Waals surface area (Å²) in [4.78, 5) is 2.35. The second-order valence-corrected chi connectivity index (χ2v) is 14.9. The zero-order chi connectivity index (χ0) is 38.4. The van der Waals surface area contributed by atoms with Crippen molar-refractivity contribution in [2.45, 2.75) is 0 Å². The molecule has 0 saturated carbocycles. The predicted molar refractivity (Wildman–Crippen MR) is 245 cm³/mol. The molecule has 2 heteroatoms. The number of furan rings is 1. The molecular weight excluding hydrogens is 703 g/mol. The highest BCUT2D eigenvalue weighted by Crippen LogP contribution is 2.42. The third-order valence-corrected chi connectivity index (χ3v) is 11.5. The van der Waals surface area contributed by atoms with Crippen molar-refractivity contribution < 1.29 is 4.42 Å². The highest BCUT2D eigenvalue weighted by atomic mass is 16.3. The van der Waals surface area contributed by atoms with Gasteiger partial charge in [0.15, 0.2) is 0 Å². The minimum atomic E-state index is 0.907. The number of nitrogens with zero attached hydrogens (tertiary/aromatic N) is 1. The molecule has 10 aromatic carbocycles. The first-order valence-electron chi connectivity index (χ1n) is 19.8. The second kappa shape index (κ2) is 14.1. The van der Waals surface area contributed by atoms with Gasteiger partial charge in [-0.1, -0.05) is 176 Å². The summed E-state index contributed by atoms with van der Waals surface area (Å²) in [5.41, 5.74) is 14.5. The summed E-state index contributed by atoms with van der Waals surface area (Å²) in [7, 11) is 0. The molecule has 11 rings (SSSR count). The summed E-state index contributed by atoms with van der Waals surface area (Å²) in [6.45, 7) is 0. The summed E-state index contributed by atoms with van der Waals surface area (Å²) in [6, 6.07) is 80.7. The van der Waals surface area contributed by atoms with Gasteiger partial charge in [-0.25, -0.2) is 0 Å².